The molecule has 9 heteroatoms. The van der Waals surface area contributed by atoms with Crippen molar-refractivity contribution in [1.29, 1.82) is 0 Å². The summed E-state index contributed by atoms with van der Waals surface area (Å²) in [5, 5.41) is 9.68. The van der Waals surface area contributed by atoms with Crippen LogP contribution in [0.5, 0.6) is 0 Å². The minimum Gasteiger partial charge on any atom is -0.378 e. The zero-order chi connectivity index (χ0) is 20.3. The number of thioether (sulfide) groups is 1. The summed E-state index contributed by atoms with van der Waals surface area (Å²) in [4.78, 5) is 19.2. The monoisotopic (exact) mass is 420 g/mol. The molecule has 0 unspecified atom stereocenters. The van der Waals surface area contributed by atoms with E-state index in [2.05, 4.69) is 24.6 Å². The molecule has 0 saturated carbocycles. The van der Waals surface area contributed by atoms with Crippen LogP contribution in [0.2, 0.25) is 0 Å². The Bertz CT molecular complexity index is 1220. The first kappa shape index (κ1) is 18.8. The lowest BCUT2D eigenvalue weighted by molar-refractivity contribution is 0.122. The first-order valence-electron chi connectivity index (χ1n) is 9.73. The van der Waals surface area contributed by atoms with Gasteiger partial charge in [0.15, 0.2) is 5.16 Å². The SMILES string of the molecule is O=c1cc(CSc2nnc(N3CCOCC3)n2-c2ccccc2)nc2ccccn12. The highest BCUT2D eigenvalue weighted by atomic mass is 32.2. The number of benzene rings is 1. The molecule has 1 saturated heterocycles. The fraction of sp³-hybridized carbons (Fsp3) is 0.238. The van der Waals surface area contributed by atoms with Gasteiger partial charge >= 0.3 is 0 Å². The van der Waals surface area contributed by atoms with E-state index in [9.17, 15) is 4.79 Å². The molecule has 5 rings (SSSR count). The van der Waals surface area contributed by atoms with Crippen molar-refractivity contribution in [3.63, 3.8) is 0 Å². The summed E-state index contributed by atoms with van der Waals surface area (Å²) in [7, 11) is 0. The molecule has 0 N–H and O–H groups in total. The third-order valence-electron chi connectivity index (χ3n) is 4.90. The molecule has 152 valence electrons. The van der Waals surface area contributed by atoms with Crippen molar-refractivity contribution in [1.82, 2.24) is 24.1 Å². The molecule has 1 aliphatic heterocycles. The third-order valence-corrected chi connectivity index (χ3v) is 5.86. The van der Waals surface area contributed by atoms with E-state index in [4.69, 9.17) is 4.74 Å². The quantitative estimate of drug-likeness (QED) is 0.459. The summed E-state index contributed by atoms with van der Waals surface area (Å²) in [5.74, 6) is 1.33. The molecule has 0 atom stereocenters. The fourth-order valence-corrected chi connectivity index (χ4v) is 4.28. The number of para-hydroxylation sites is 1. The Balaban J connectivity index is 1.47. The highest BCUT2D eigenvalue weighted by Crippen LogP contribution is 2.28. The number of nitrogens with zero attached hydrogens (tertiary/aromatic N) is 6. The zero-order valence-electron chi connectivity index (χ0n) is 16.2. The molecule has 3 aromatic heterocycles. The number of hydrogen-bond donors (Lipinski definition) is 0. The summed E-state index contributed by atoms with van der Waals surface area (Å²) in [6.45, 7) is 2.90. The van der Waals surface area contributed by atoms with Gasteiger partial charge in [0, 0.05) is 31.1 Å². The van der Waals surface area contributed by atoms with Gasteiger partial charge in [-0.2, -0.15) is 0 Å². The Kier molecular flexibility index (Phi) is 5.20. The van der Waals surface area contributed by atoms with Gasteiger partial charge in [-0.25, -0.2) is 4.98 Å². The van der Waals surface area contributed by atoms with Crippen LogP contribution in [0.1, 0.15) is 5.69 Å². The second kappa shape index (κ2) is 8.29. The first-order valence-corrected chi connectivity index (χ1v) is 10.7. The van der Waals surface area contributed by atoms with Crippen LogP contribution in [0.15, 0.2) is 70.7 Å². The second-order valence-electron chi connectivity index (χ2n) is 6.86. The summed E-state index contributed by atoms with van der Waals surface area (Å²) in [6, 6.07) is 17.2. The fourth-order valence-electron chi connectivity index (χ4n) is 3.44. The zero-order valence-corrected chi connectivity index (χ0v) is 17.0. The Morgan fingerprint density at radius 2 is 1.80 bits per heavy atom. The van der Waals surface area contributed by atoms with E-state index in [0.717, 1.165) is 29.9 Å². The van der Waals surface area contributed by atoms with Crippen molar-refractivity contribution < 1.29 is 4.74 Å². The van der Waals surface area contributed by atoms with Gasteiger partial charge < -0.3 is 9.64 Å². The van der Waals surface area contributed by atoms with Crippen molar-refractivity contribution in [3.8, 4) is 5.69 Å². The lowest BCUT2D eigenvalue weighted by atomic mass is 10.3. The number of rotatable bonds is 5. The Morgan fingerprint density at radius 3 is 2.63 bits per heavy atom. The van der Waals surface area contributed by atoms with Gasteiger partial charge in [0.25, 0.3) is 5.56 Å². The molecule has 0 bridgehead atoms. The van der Waals surface area contributed by atoms with E-state index in [0.29, 0.717) is 30.3 Å². The van der Waals surface area contributed by atoms with Crippen LogP contribution in [0.3, 0.4) is 0 Å². The Morgan fingerprint density at radius 1 is 1.00 bits per heavy atom. The molecular formula is C21H20N6O2S. The van der Waals surface area contributed by atoms with Gasteiger partial charge in [-0.15, -0.1) is 10.2 Å². The summed E-state index contributed by atoms with van der Waals surface area (Å²) < 4.78 is 9.08. The summed E-state index contributed by atoms with van der Waals surface area (Å²) >= 11 is 1.52. The predicted molar refractivity (Wildman–Crippen MR) is 115 cm³/mol. The number of aromatic nitrogens is 5. The van der Waals surface area contributed by atoms with Gasteiger partial charge in [0.1, 0.15) is 5.65 Å². The van der Waals surface area contributed by atoms with Crippen LogP contribution in [0, 0.1) is 0 Å². The normalized spacial score (nSPS) is 14.3. The molecule has 1 aliphatic rings. The minimum absolute atomic E-state index is 0.0882. The lowest BCUT2D eigenvalue weighted by Crippen LogP contribution is -2.37. The van der Waals surface area contributed by atoms with E-state index in [1.54, 1.807) is 12.3 Å². The van der Waals surface area contributed by atoms with Gasteiger partial charge in [-0.1, -0.05) is 36.0 Å². The maximum atomic E-state index is 12.4. The van der Waals surface area contributed by atoms with E-state index in [1.165, 1.54) is 16.2 Å². The Hall–Kier alpha value is -3.17. The minimum atomic E-state index is -0.0882. The standard InChI is InChI=1S/C21H20N6O2S/c28-19-14-16(22-18-8-4-5-9-26(18)19)15-30-21-24-23-20(25-10-12-29-13-11-25)27(21)17-6-2-1-3-7-17/h1-9,14H,10-13,15H2. The first-order chi connectivity index (χ1) is 14.8. The Labute approximate surface area is 177 Å². The van der Waals surface area contributed by atoms with E-state index < -0.39 is 0 Å². The van der Waals surface area contributed by atoms with Gasteiger partial charge in [0.2, 0.25) is 5.95 Å². The molecule has 1 aromatic carbocycles. The van der Waals surface area contributed by atoms with Gasteiger partial charge in [-0.05, 0) is 24.3 Å². The van der Waals surface area contributed by atoms with E-state index >= 15 is 0 Å². The molecule has 8 nitrogen and oxygen atoms in total. The number of ether oxygens (including phenoxy) is 1. The van der Waals surface area contributed by atoms with Crippen LogP contribution < -0.4 is 10.5 Å². The topological polar surface area (TPSA) is 77.6 Å². The number of fused-ring (bicyclic) bond motifs is 1. The van der Waals surface area contributed by atoms with Gasteiger partial charge in [-0.3, -0.25) is 13.8 Å². The maximum Gasteiger partial charge on any atom is 0.258 e. The van der Waals surface area contributed by atoms with E-state index in [-0.39, 0.29) is 5.56 Å². The van der Waals surface area contributed by atoms with Crippen molar-refractivity contribution in [2.45, 2.75) is 10.9 Å². The van der Waals surface area contributed by atoms with Crippen LogP contribution in [-0.4, -0.2) is 50.5 Å². The highest BCUT2D eigenvalue weighted by Gasteiger charge is 2.22. The third kappa shape index (κ3) is 3.69. The number of hydrogen-bond acceptors (Lipinski definition) is 7. The highest BCUT2D eigenvalue weighted by molar-refractivity contribution is 7.98. The van der Waals surface area contributed by atoms with Crippen LogP contribution >= 0.6 is 11.8 Å². The van der Waals surface area contributed by atoms with Crippen LogP contribution in [-0.2, 0) is 10.5 Å². The molecule has 4 heterocycles. The molecule has 4 aromatic rings. The largest absolute Gasteiger partial charge is 0.378 e. The smallest absolute Gasteiger partial charge is 0.258 e. The molecule has 0 aliphatic carbocycles. The van der Waals surface area contributed by atoms with Crippen molar-refractivity contribution >= 4 is 23.4 Å². The molecule has 0 amide bonds. The second-order valence-corrected chi connectivity index (χ2v) is 7.80. The maximum absolute atomic E-state index is 12.4. The molecule has 0 radical (unpaired) electrons. The molecule has 0 spiro atoms. The molecular weight excluding hydrogens is 400 g/mol. The van der Waals surface area contributed by atoms with Crippen LogP contribution in [0.4, 0.5) is 5.95 Å². The van der Waals surface area contributed by atoms with Gasteiger partial charge in [0.05, 0.1) is 24.6 Å². The summed E-state index contributed by atoms with van der Waals surface area (Å²) in [6.07, 6.45) is 1.72. The van der Waals surface area contributed by atoms with Crippen LogP contribution in [0.25, 0.3) is 11.3 Å². The summed E-state index contributed by atoms with van der Waals surface area (Å²) in [5.41, 5.74) is 2.26. The molecule has 1 fully saturated rings. The average molecular weight is 420 g/mol. The number of pyridine rings is 1. The number of morpholine rings is 1. The average Bonchev–Trinajstić information content (AvgIpc) is 3.23. The molecule has 30 heavy (non-hydrogen) atoms. The predicted octanol–water partition coefficient (Wildman–Crippen LogP) is 2.40. The van der Waals surface area contributed by atoms with Crippen molar-refractivity contribution in [2.75, 3.05) is 31.2 Å². The van der Waals surface area contributed by atoms with E-state index in [1.807, 2.05) is 48.5 Å². The van der Waals surface area contributed by atoms with Crippen molar-refractivity contribution in [3.05, 3.63) is 76.8 Å². The lowest BCUT2D eigenvalue weighted by Gasteiger charge is -2.27. The number of anilines is 1. The van der Waals surface area contributed by atoms with Crippen molar-refractivity contribution in [2.24, 2.45) is 0 Å².